The van der Waals surface area contributed by atoms with E-state index in [0.717, 1.165) is 12.5 Å². The molecule has 4 atom stereocenters. The van der Waals surface area contributed by atoms with Gasteiger partial charge in [0.2, 0.25) is 0 Å². The Hall–Kier alpha value is -2.45. The molecule has 0 aromatic carbocycles. The molecule has 0 bridgehead atoms. The maximum atomic E-state index is 12.4. The standard InChI is InChI=1S/C21H28O8/c1-12-6-5-7-15(10-27-14(3)23)9-17(29-20(25)21(4,26)11-22)18-13(2)19(24)28-16(18)8-12/h6,9,16-18,22,26H,2,5,7-8,10-11H2,1,3-4H3/b12-6+,15-9?. The lowest BCUT2D eigenvalue weighted by molar-refractivity contribution is -0.173. The van der Waals surface area contributed by atoms with Crippen molar-refractivity contribution >= 4 is 17.9 Å². The molecule has 8 nitrogen and oxygen atoms in total. The Morgan fingerprint density at radius 3 is 2.72 bits per heavy atom. The Bertz CT molecular complexity index is 746. The van der Waals surface area contributed by atoms with Gasteiger partial charge in [-0.3, -0.25) is 4.79 Å². The minimum Gasteiger partial charge on any atom is -0.461 e. The van der Waals surface area contributed by atoms with Crippen LogP contribution in [0.4, 0.5) is 0 Å². The number of aliphatic hydroxyl groups excluding tert-OH is 1. The van der Waals surface area contributed by atoms with Gasteiger partial charge in [0.1, 0.15) is 18.8 Å². The largest absolute Gasteiger partial charge is 0.461 e. The van der Waals surface area contributed by atoms with Crippen LogP contribution in [0, 0.1) is 5.92 Å². The van der Waals surface area contributed by atoms with Gasteiger partial charge in [0.25, 0.3) is 0 Å². The zero-order chi connectivity index (χ0) is 21.8. The molecule has 160 valence electrons. The van der Waals surface area contributed by atoms with Crippen molar-refractivity contribution in [1.29, 1.82) is 0 Å². The number of aliphatic hydroxyl groups is 2. The van der Waals surface area contributed by atoms with Crippen LogP contribution in [0.3, 0.4) is 0 Å². The van der Waals surface area contributed by atoms with Crippen LogP contribution < -0.4 is 0 Å². The van der Waals surface area contributed by atoms with E-state index in [-0.39, 0.29) is 12.2 Å². The summed E-state index contributed by atoms with van der Waals surface area (Å²) in [6.07, 6.45) is 3.73. The fraction of sp³-hybridized carbons (Fsp3) is 0.571. The van der Waals surface area contributed by atoms with Crippen molar-refractivity contribution in [2.45, 2.75) is 57.8 Å². The molecule has 0 radical (unpaired) electrons. The normalized spacial score (nSPS) is 28.8. The van der Waals surface area contributed by atoms with E-state index in [1.165, 1.54) is 6.92 Å². The molecule has 1 aliphatic heterocycles. The number of allylic oxidation sites excluding steroid dienone is 1. The lowest BCUT2D eigenvalue weighted by atomic mass is 9.85. The lowest BCUT2D eigenvalue weighted by Gasteiger charge is -2.29. The molecule has 8 heteroatoms. The second-order valence-corrected chi connectivity index (χ2v) is 7.70. The quantitative estimate of drug-likeness (QED) is 0.303. The first-order valence-corrected chi connectivity index (χ1v) is 9.47. The maximum absolute atomic E-state index is 12.4. The number of carbonyl (C=O) groups is 3. The van der Waals surface area contributed by atoms with Crippen molar-refractivity contribution < 1.29 is 38.8 Å². The summed E-state index contributed by atoms with van der Waals surface area (Å²) >= 11 is 0. The van der Waals surface area contributed by atoms with Crippen LogP contribution in [0.15, 0.2) is 35.5 Å². The smallest absolute Gasteiger partial charge is 0.340 e. The highest BCUT2D eigenvalue weighted by Gasteiger charge is 2.46. The first-order valence-electron chi connectivity index (χ1n) is 9.47. The molecule has 0 saturated carbocycles. The van der Waals surface area contributed by atoms with Crippen LogP contribution in [0.5, 0.6) is 0 Å². The number of carbonyl (C=O) groups excluding carboxylic acids is 3. The number of rotatable bonds is 5. The molecule has 1 aliphatic carbocycles. The summed E-state index contributed by atoms with van der Waals surface area (Å²) < 4.78 is 16.0. The van der Waals surface area contributed by atoms with Crippen LogP contribution in [0.2, 0.25) is 0 Å². The summed E-state index contributed by atoms with van der Waals surface area (Å²) in [5.41, 5.74) is -0.245. The fourth-order valence-corrected chi connectivity index (χ4v) is 3.29. The van der Waals surface area contributed by atoms with Gasteiger partial charge in [0.15, 0.2) is 5.60 Å². The van der Waals surface area contributed by atoms with Gasteiger partial charge in [0.05, 0.1) is 12.5 Å². The van der Waals surface area contributed by atoms with Gasteiger partial charge in [-0.05, 0) is 38.3 Å². The third-order valence-electron chi connectivity index (χ3n) is 5.01. The summed E-state index contributed by atoms with van der Waals surface area (Å²) in [6, 6.07) is 0. The van der Waals surface area contributed by atoms with E-state index in [9.17, 15) is 24.6 Å². The summed E-state index contributed by atoms with van der Waals surface area (Å²) in [5, 5.41) is 19.3. The average Bonchev–Trinajstić information content (AvgIpc) is 2.91. The summed E-state index contributed by atoms with van der Waals surface area (Å²) in [4.78, 5) is 35.8. The molecule has 1 fully saturated rings. The molecule has 0 spiro atoms. The van der Waals surface area contributed by atoms with E-state index in [1.807, 2.05) is 13.0 Å². The number of hydrogen-bond donors (Lipinski definition) is 2. The molecule has 0 amide bonds. The van der Waals surface area contributed by atoms with Crippen LogP contribution >= 0.6 is 0 Å². The van der Waals surface area contributed by atoms with Crippen LogP contribution in [-0.2, 0) is 28.6 Å². The Labute approximate surface area is 169 Å². The van der Waals surface area contributed by atoms with Gasteiger partial charge in [-0.1, -0.05) is 18.2 Å². The molecule has 0 aromatic heterocycles. The first kappa shape index (κ1) is 22.8. The summed E-state index contributed by atoms with van der Waals surface area (Å²) in [7, 11) is 0. The summed E-state index contributed by atoms with van der Waals surface area (Å²) in [6.45, 7) is 7.32. The third-order valence-corrected chi connectivity index (χ3v) is 5.01. The van der Waals surface area contributed by atoms with Gasteiger partial charge in [-0.2, -0.15) is 0 Å². The Morgan fingerprint density at radius 2 is 2.10 bits per heavy atom. The highest BCUT2D eigenvalue weighted by Crippen LogP contribution is 2.37. The predicted molar refractivity (Wildman–Crippen MR) is 102 cm³/mol. The number of hydrogen-bond acceptors (Lipinski definition) is 8. The monoisotopic (exact) mass is 408 g/mol. The topological polar surface area (TPSA) is 119 Å². The number of esters is 3. The molecular weight excluding hydrogens is 380 g/mol. The second kappa shape index (κ2) is 9.37. The Kier molecular flexibility index (Phi) is 7.37. The van der Waals surface area contributed by atoms with Crippen molar-refractivity contribution in [2.75, 3.05) is 13.2 Å². The number of ether oxygens (including phenoxy) is 3. The van der Waals surface area contributed by atoms with E-state index in [2.05, 4.69) is 6.58 Å². The molecule has 29 heavy (non-hydrogen) atoms. The van der Waals surface area contributed by atoms with E-state index < -0.39 is 48.2 Å². The first-order chi connectivity index (χ1) is 13.5. The van der Waals surface area contributed by atoms with Gasteiger partial charge in [0, 0.05) is 18.9 Å². The van der Waals surface area contributed by atoms with Crippen LogP contribution in [-0.4, -0.2) is 59.1 Å². The molecule has 0 aromatic rings. The average molecular weight is 408 g/mol. The second-order valence-electron chi connectivity index (χ2n) is 7.70. The molecule has 1 heterocycles. The fourth-order valence-electron chi connectivity index (χ4n) is 3.29. The predicted octanol–water partition coefficient (Wildman–Crippen LogP) is 1.36. The highest BCUT2D eigenvalue weighted by molar-refractivity contribution is 5.91. The minimum absolute atomic E-state index is 0.00529. The molecule has 2 rings (SSSR count). The van der Waals surface area contributed by atoms with Crippen molar-refractivity contribution in [3.63, 3.8) is 0 Å². The zero-order valence-electron chi connectivity index (χ0n) is 17.0. The van der Waals surface area contributed by atoms with Crippen LogP contribution in [0.1, 0.15) is 40.0 Å². The van der Waals surface area contributed by atoms with Crippen molar-refractivity contribution in [3.05, 3.63) is 35.5 Å². The van der Waals surface area contributed by atoms with E-state index in [1.54, 1.807) is 6.08 Å². The van der Waals surface area contributed by atoms with Crippen molar-refractivity contribution in [1.82, 2.24) is 0 Å². The molecule has 2 N–H and O–H groups in total. The number of fused-ring (bicyclic) bond motifs is 1. The Balaban J connectivity index is 2.44. The van der Waals surface area contributed by atoms with Crippen molar-refractivity contribution in [2.24, 2.45) is 5.92 Å². The van der Waals surface area contributed by atoms with Gasteiger partial charge in [-0.25, -0.2) is 9.59 Å². The SMILES string of the molecule is C=C1C(=O)OC2C/C(C)=C/CCC(COC(C)=O)=CC(OC(=O)C(C)(O)CO)C12. The summed E-state index contributed by atoms with van der Waals surface area (Å²) in [5.74, 6) is -2.73. The molecule has 1 saturated heterocycles. The van der Waals surface area contributed by atoms with E-state index in [4.69, 9.17) is 14.2 Å². The van der Waals surface area contributed by atoms with Gasteiger partial charge >= 0.3 is 17.9 Å². The minimum atomic E-state index is -2.10. The third kappa shape index (κ3) is 5.77. The maximum Gasteiger partial charge on any atom is 0.340 e. The van der Waals surface area contributed by atoms with Crippen LogP contribution in [0.25, 0.3) is 0 Å². The molecule has 4 unspecified atom stereocenters. The van der Waals surface area contributed by atoms with E-state index >= 15 is 0 Å². The molecular formula is C21H28O8. The lowest BCUT2D eigenvalue weighted by Crippen LogP contribution is -2.44. The Morgan fingerprint density at radius 1 is 1.41 bits per heavy atom. The van der Waals surface area contributed by atoms with Crippen molar-refractivity contribution in [3.8, 4) is 0 Å². The van der Waals surface area contributed by atoms with E-state index in [0.29, 0.717) is 24.8 Å². The van der Waals surface area contributed by atoms with Gasteiger partial charge in [-0.15, -0.1) is 0 Å². The zero-order valence-corrected chi connectivity index (χ0v) is 17.0. The van der Waals surface area contributed by atoms with Gasteiger partial charge < -0.3 is 24.4 Å². The molecule has 2 aliphatic rings. The highest BCUT2D eigenvalue weighted by atomic mass is 16.6.